The molecule has 2 aliphatic rings. The molecule has 0 atom stereocenters. The molecule has 18 heavy (non-hydrogen) atoms. The van der Waals surface area contributed by atoms with Gasteiger partial charge < -0.3 is 4.74 Å². The molecule has 1 aromatic carbocycles. The average molecular weight is 244 g/mol. The van der Waals surface area contributed by atoms with E-state index < -0.39 is 5.41 Å². The van der Waals surface area contributed by atoms with Crippen molar-refractivity contribution in [1.29, 1.82) is 0 Å². The molecular formula is C15H16O3. The van der Waals surface area contributed by atoms with Crippen LogP contribution in [0.1, 0.15) is 36.8 Å². The number of Topliss-reactive ketones (excluding diaryl/α,β-unsaturated/α-hetero) is 2. The van der Waals surface area contributed by atoms with Crippen LogP contribution in [0.4, 0.5) is 0 Å². The van der Waals surface area contributed by atoms with Gasteiger partial charge in [-0.2, -0.15) is 0 Å². The lowest BCUT2D eigenvalue weighted by molar-refractivity contribution is -0.138. The lowest BCUT2D eigenvalue weighted by Crippen LogP contribution is -2.44. The van der Waals surface area contributed by atoms with Crippen LogP contribution in [0.2, 0.25) is 0 Å². The Kier molecular flexibility index (Phi) is 2.51. The number of benzene rings is 1. The van der Waals surface area contributed by atoms with Gasteiger partial charge in [0.15, 0.2) is 11.6 Å². The second-order valence-corrected chi connectivity index (χ2v) is 5.13. The van der Waals surface area contributed by atoms with Crippen molar-refractivity contribution in [3.63, 3.8) is 0 Å². The third-order valence-corrected chi connectivity index (χ3v) is 4.31. The van der Waals surface area contributed by atoms with Crippen molar-refractivity contribution in [2.24, 2.45) is 0 Å². The topological polar surface area (TPSA) is 43.4 Å². The maximum absolute atomic E-state index is 12.3. The molecule has 0 unspecified atom stereocenters. The zero-order valence-electron chi connectivity index (χ0n) is 10.5. The number of hydrogen-bond acceptors (Lipinski definition) is 3. The van der Waals surface area contributed by atoms with Gasteiger partial charge in [0, 0.05) is 12.8 Å². The van der Waals surface area contributed by atoms with Crippen LogP contribution in [0.25, 0.3) is 0 Å². The fourth-order valence-corrected chi connectivity index (χ4v) is 3.33. The Labute approximate surface area is 106 Å². The number of aryl methyl sites for hydroxylation is 1. The van der Waals surface area contributed by atoms with Crippen LogP contribution >= 0.6 is 0 Å². The molecule has 0 radical (unpaired) electrons. The molecule has 3 heteroatoms. The Morgan fingerprint density at radius 2 is 1.83 bits per heavy atom. The van der Waals surface area contributed by atoms with Gasteiger partial charge in [0.1, 0.15) is 11.2 Å². The second-order valence-electron chi connectivity index (χ2n) is 5.13. The van der Waals surface area contributed by atoms with E-state index in [0.717, 1.165) is 23.3 Å². The number of ether oxygens (including phenoxy) is 1. The summed E-state index contributed by atoms with van der Waals surface area (Å²) in [7, 11) is 1.61. The van der Waals surface area contributed by atoms with Gasteiger partial charge in [-0.25, -0.2) is 0 Å². The van der Waals surface area contributed by atoms with Crippen LogP contribution in [0.15, 0.2) is 18.2 Å². The van der Waals surface area contributed by atoms with Crippen molar-refractivity contribution in [3.05, 3.63) is 29.3 Å². The van der Waals surface area contributed by atoms with E-state index in [1.165, 1.54) is 0 Å². The van der Waals surface area contributed by atoms with Gasteiger partial charge in [-0.15, -0.1) is 0 Å². The Balaban J connectivity index is 2.17. The second kappa shape index (κ2) is 3.94. The standard InChI is InChI=1S/C15H16O3/c1-18-11-6-5-10-7-8-15(12(10)9-11)13(16)3-2-4-14(15)17/h5-6,9H,2-4,7-8H2,1H3. The Bertz CT molecular complexity index is 515. The molecule has 3 rings (SSSR count). The van der Waals surface area contributed by atoms with Crippen LogP contribution < -0.4 is 4.74 Å². The molecule has 2 aliphatic carbocycles. The maximum atomic E-state index is 12.3. The molecule has 0 saturated heterocycles. The minimum Gasteiger partial charge on any atom is -0.497 e. The summed E-state index contributed by atoms with van der Waals surface area (Å²) in [4.78, 5) is 24.7. The van der Waals surface area contributed by atoms with Gasteiger partial charge in [0.2, 0.25) is 0 Å². The molecular weight excluding hydrogens is 228 g/mol. The van der Waals surface area contributed by atoms with Crippen molar-refractivity contribution in [3.8, 4) is 5.75 Å². The highest BCUT2D eigenvalue weighted by atomic mass is 16.5. The van der Waals surface area contributed by atoms with Crippen LogP contribution in [-0.2, 0) is 21.4 Å². The van der Waals surface area contributed by atoms with Crippen LogP contribution in [0, 0.1) is 0 Å². The van der Waals surface area contributed by atoms with Crippen molar-refractivity contribution >= 4 is 11.6 Å². The Hall–Kier alpha value is -1.64. The van der Waals surface area contributed by atoms with Gasteiger partial charge in [-0.1, -0.05) is 6.07 Å². The third kappa shape index (κ3) is 1.36. The van der Waals surface area contributed by atoms with Crippen molar-refractivity contribution in [1.82, 2.24) is 0 Å². The van der Waals surface area contributed by atoms with E-state index in [4.69, 9.17) is 4.74 Å². The lowest BCUT2D eigenvalue weighted by Gasteiger charge is -2.31. The summed E-state index contributed by atoms with van der Waals surface area (Å²) in [6.45, 7) is 0. The van der Waals surface area contributed by atoms with Gasteiger partial charge in [-0.3, -0.25) is 9.59 Å². The molecule has 0 N–H and O–H groups in total. The molecule has 0 heterocycles. The quantitative estimate of drug-likeness (QED) is 0.711. The summed E-state index contributed by atoms with van der Waals surface area (Å²) in [6, 6.07) is 5.76. The monoisotopic (exact) mass is 244 g/mol. The van der Waals surface area contributed by atoms with Gasteiger partial charge in [0.05, 0.1) is 7.11 Å². The fraction of sp³-hybridized carbons (Fsp3) is 0.467. The van der Waals surface area contributed by atoms with Crippen molar-refractivity contribution in [2.45, 2.75) is 37.5 Å². The summed E-state index contributed by atoms with van der Waals surface area (Å²) in [6.07, 6.45) is 3.23. The zero-order chi connectivity index (χ0) is 12.8. The molecule has 1 spiro atoms. The molecule has 94 valence electrons. The van der Waals surface area contributed by atoms with E-state index in [1.807, 2.05) is 18.2 Å². The molecule has 0 aliphatic heterocycles. The molecule has 0 amide bonds. The average Bonchev–Trinajstić information content (AvgIpc) is 2.76. The van der Waals surface area contributed by atoms with Gasteiger partial charge in [0.25, 0.3) is 0 Å². The first kappa shape index (κ1) is 11.5. The van der Waals surface area contributed by atoms with E-state index in [1.54, 1.807) is 7.11 Å². The van der Waals surface area contributed by atoms with E-state index in [-0.39, 0.29) is 11.6 Å². The molecule has 0 bridgehead atoms. The molecule has 3 nitrogen and oxygen atoms in total. The molecule has 1 fully saturated rings. The van der Waals surface area contributed by atoms with Crippen LogP contribution in [0.5, 0.6) is 5.75 Å². The van der Waals surface area contributed by atoms with Gasteiger partial charge in [-0.05, 0) is 42.5 Å². The maximum Gasteiger partial charge on any atom is 0.150 e. The highest BCUT2D eigenvalue weighted by Gasteiger charge is 2.51. The van der Waals surface area contributed by atoms with E-state index in [9.17, 15) is 9.59 Å². The smallest absolute Gasteiger partial charge is 0.150 e. The summed E-state index contributed by atoms with van der Waals surface area (Å²) < 4.78 is 5.22. The van der Waals surface area contributed by atoms with Crippen LogP contribution in [-0.4, -0.2) is 18.7 Å². The fourth-order valence-electron chi connectivity index (χ4n) is 3.33. The van der Waals surface area contributed by atoms with E-state index in [0.29, 0.717) is 25.7 Å². The number of carbonyl (C=O) groups excluding carboxylic acids is 2. The van der Waals surface area contributed by atoms with Crippen molar-refractivity contribution in [2.75, 3.05) is 7.11 Å². The minimum atomic E-state index is -0.845. The largest absolute Gasteiger partial charge is 0.497 e. The number of rotatable bonds is 1. The number of fused-ring (bicyclic) bond motifs is 2. The highest BCUT2D eigenvalue weighted by Crippen LogP contribution is 2.45. The van der Waals surface area contributed by atoms with Crippen LogP contribution in [0.3, 0.4) is 0 Å². The predicted molar refractivity (Wildman–Crippen MR) is 66.9 cm³/mol. The minimum absolute atomic E-state index is 0.103. The normalized spacial score (nSPS) is 21.2. The number of hydrogen-bond donors (Lipinski definition) is 0. The summed E-state index contributed by atoms with van der Waals surface area (Å²) >= 11 is 0. The number of carbonyl (C=O) groups is 2. The molecule has 0 aromatic heterocycles. The first-order chi connectivity index (χ1) is 8.68. The first-order valence-electron chi connectivity index (χ1n) is 6.42. The summed E-state index contributed by atoms with van der Waals surface area (Å²) in [5.74, 6) is 0.928. The number of methoxy groups -OCH3 is 1. The highest BCUT2D eigenvalue weighted by molar-refractivity contribution is 6.15. The SMILES string of the molecule is COc1ccc2c(c1)C1(CC2)C(=O)CCCC1=O. The lowest BCUT2D eigenvalue weighted by atomic mass is 9.68. The zero-order valence-corrected chi connectivity index (χ0v) is 10.5. The van der Waals surface area contributed by atoms with Crippen molar-refractivity contribution < 1.29 is 14.3 Å². The summed E-state index contributed by atoms with van der Waals surface area (Å²) in [5.41, 5.74) is 1.18. The van der Waals surface area contributed by atoms with E-state index >= 15 is 0 Å². The van der Waals surface area contributed by atoms with Gasteiger partial charge >= 0.3 is 0 Å². The first-order valence-corrected chi connectivity index (χ1v) is 6.42. The summed E-state index contributed by atoms with van der Waals surface area (Å²) in [5, 5.41) is 0. The van der Waals surface area contributed by atoms with E-state index in [2.05, 4.69) is 0 Å². The Morgan fingerprint density at radius 1 is 1.11 bits per heavy atom. The molecule has 1 aromatic rings. The Morgan fingerprint density at radius 3 is 2.50 bits per heavy atom. The molecule has 1 saturated carbocycles. The predicted octanol–water partition coefficient (Wildman–Crippen LogP) is 2.20. The third-order valence-electron chi connectivity index (χ3n) is 4.31. The number of ketones is 2.